The molecule has 1 aliphatic rings. The van der Waals surface area contributed by atoms with Crippen LogP contribution in [0.15, 0.2) is 53.4 Å². The molecular formula is C18H19NO4S. The Morgan fingerprint density at radius 1 is 1.08 bits per heavy atom. The second-order valence-electron chi connectivity index (χ2n) is 5.29. The predicted molar refractivity (Wildman–Crippen MR) is 93.4 cm³/mol. The minimum absolute atomic E-state index is 0.0572. The van der Waals surface area contributed by atoms with Gasteiger partial charge in [-0.05, 0) is 29.8 Å². The monoisotopic (exact) mass is 345 g/mol. The Hall–Kier alpha value is -2.02. The Morgan fingerprint density at radius 3 is 2.54 bits per heavy atom. The van der Waals surface area contributed by atoms with Gasteiger partial charge in [0, 0.05) is 12.0 Å². The van der Waals surface area contributed by atoms with E-state index < -0.39 is 6.10 Å². The number of nitrogens with one attached hydrogen (secondary N) is 1. The molecule has 0 fully saturated rings. The highest BCUT2D eigenvalue weighted by atomic mass is 32.2. The zero-order valence-corrected chi connectivity index (χ0v) is 14.3. The highest BCUT2D eigenvalue weighted by molar-refractivity contribution is 7.99. The molecule has 0 spiro atoms. The summed E-state index contributed by atoms with van der Waals surface area (Å²) in [4.78, 5) is 13.7. The van der Waals surface area contributed by atoms with Gasteiger partial charge < -0.3 is 19.5 Å². The van der Waals surface area contributed by atoms with E-state index in [0.717, 1.165) is 21.9 Å². The minimum atomic E-state index is -0.657. The molecule has 0 unspecified atom stereocenters. The van der Waals surface area contributed by atoms with Gasteiger partial charge in [-0.25, -0.2) is 0 Å². The van der Waals surface area contributed by atoms with Crippen LogP contribution in [0, 0.1) is 0 Å². The van der Waals surface area contributed by atoms with Crippen molar-refractivity contribution in [3.8, 4) is 5.75 Å². The van der Waals surface area contributed by atoms with E-state index in [4.69, 9.17) is 14.2 Å². The molecule has 2 aromatic rings. The number of para-hydroxylation sites is 1. The first-order valence-corrected chi connectivity index (χ1v) is 8.42. The number of rotatable bonds is 5. The van der Waals surface area contributed by atoms with Crippen LogP contribution in [0.3, 0.4) is 0 Å². The molecule has 0 saturated carbocycles. The van der Waals surface area contributed by atoms with Crippen LogP contribution in [0.5, 0.6) is 5.75 Å². The fourth-order valence-electron chi connectivity index (χ4n) is 2.55. The number of carbonyl (C=O) groups excluding carboxylic acids is 1. The summed E-state index contributed by atoms with van der Waals surface area (Å²) in [6, 6.07) is 15.4. The van der Waals surface area contributed by atoms with Crippen molar-refractivity contribution in [3.63, 3.8) is 0 Å². The van der Waals surface area contributed by atoms with E-state index in [9.17, 15) is 4.79 Å². The van der Waals surface area contributed by atoms with E-state index >= 15 is 0 Å². The number of thioether (sulfide) groups is 1. The van der Waals surface area contributed by atoms with Crippen LogP contribution in [0.2, 0.25) is 0 Å². The van der Waals surface area contributed by atoms with E-state index in [-0.39, 0.29) is 18.0 Å². The maximum absolute atomic E-state index is 12.7. The number of hydrogen-bond acceptors (Lipinski definition) is 5. The van der Waals surface area contributed by atoms with E-state index in [1.165, 1.54) is 0 Å². The smallest absolute Gasteiger partial charge is 0.255 e. The van der Waals surface area contributed by atoms with Crippen molar-refractivity contribution in [2.75, 3.05) is 26.3 Å². The topological polar surface area (TPSA) is 56.8 Å². The standard InChI is InChI=1S/C18H19NO4S/c1-21-11-23-16-17(12-7-9-13(22-2)10-8-12)24-15-6-4-3-5-14(15)19-18(16)20/h3-10,16-17H,11H2,1-2H3,(H,19,20)/t16-,17+/m1/s1. The quantitative estimate of drug-likeness (QED) is 0.841. The molecule has 1 heterocycles. The zero-order valence-electron chi connectivity index (χ0n) is 13.5. The lowest BCUT2D eigenvalue weighted by atomic mass is 10.1. The molecule has 0 aromatic heterocycles. The summed E-state index contributed by atoms with van der Waals surface area (Å²) in [5.74, 6) is 0.599. The van der Waals surface area contributed by atoms with E-state index in [1.54, 1.807) is 26.0 Å². The van der Waals surface area contributed by atoms with Crippen molar-refractivity contribution in [3.05, 3.63) is 54.1 Å². The van der Waals surface area contributed by atoms with Crippen LogP contribution in [0.25, 0.3) is 0 Å². The number of benzene rings is 2. The third-order valence-corrected chi connectivity index (χ3v) is 5.13. The second kappa shape index (κ2) is 7.70. The number of carbonyl (C=O) groups is 1. The van der Waals surface area contributed by atoms with Gasteiger partial charge in [0.05, 0.1) is 18.0 Å². The van der Waals surface area contributed by atoms with Crippen LogP contribution >= 0.6 is 11.8 Å². The molecule has 5 nitrogen and oxygen atoms in total. The highest BCUT2D eigenvalue weighted by Crippen LogP contribution is 2.44. The van der Waals surface area contributed by atoms with Crippen LogP contribution in [0.1, 0.15) is 10.8 Å². The molecule has 1 amide bonds. The fourth-order valence-corrected chi connectivity index (χ4v) is 3.85. The third kappa shape index (κ3) is 3.56. The Labute approximate surface area is 145 Å². The summed E-state index contributed by atoms with van der Waals surface area (Å²) >= 11 is 1.60. The lowest BCUT2D eigenvalue weighted by Crippen LogP contribution is -2.34. The van der Waals surface area contributed by atoms with Crippen molar-refractivity contribution >= 4 is 23.4 Å². The van der Waals surface area contributed by atoms with Crippen molar-refractivity contribution < 1.29 is 19.0 Å². The average molecular weight is 345 g/mol. The van der Waals surface area contributed by atoms with Crippen LogP contribution in [0.4, 0.5) is 5.69 Å². The molecule has 2 atom stereocenters. The Kier molecular flexibility index (Phi) is 5.40. The molecular weight excluding hydrogens is 326 g/mol. The molecule has 1 aliphatic heterocycles. The maximum atomic E-state index is 12.7. The summed E-state index contributed by atoms with van der Waals surface area (Å²) in [5, 5.41) is 2.75. The summed E-state index contributed by atoms with van der Waals surface area (Å²) in [7, 11) is 3.17. The van der Waals surface area contributed by atoms with Gasteiger partial charge in [0.15, 0.2) is 6.10 Å². The van der Waals surface area contributed by atoms with Gasteiger partial charge in [0.1, 0.15) is 12.5 Å². The summed E-state index contributed by atoms with van der Waals surface area (Å²) < 4.78 is 15.9. The number of ether oxygens (including phenoxy) is 3. The first-order chi connectivity index (χ1) is 11.7. The van der Waals surface area contributed by atoms with E-state index in [1.807, 2.05) is 48.5 Å². The normalized spacial score (nSPS) is 20.0. The number of anilines is 1. The van der Waals surface area contributed by atoms with Gasteiger partial charge in [-0.15, -0.1) is 11.8 Å². The van der Waals surface area contributed by atoms with Crippen LogP contribution < -0.4 is 10.1 Å². The van der Waals surface area contributed by atoms with Gasteiger partial charge in [-0.1, -0.05) is 24.3 Å². The third-order valence-electron chi connectivity index (χ3n) is 3.74. The molecule has 0 bridgehead atoms. The lowest BCUT2D eigenvalue weighted by molar-refractivity contribution is -0.136. The van der Waals surface area contributed by atoms with Crippen molar-refractivity contribution in [2.45, 2.75) is 16.2 Å². The maximum Gasteiger partial charge on any atom is 0.255 e. The largest absolute Gasteiger partial charge is 0.497 e. The van der Waals surface area contributed by atoms with Crippen molar-refractivity contribution in [2.24, 2.45) is 0 Å². The fraction of sp³-hybridized carbons (Fsp3) is 0.278. The molecule has 0 radical (unpaired) electrons. The van der Waals surface area contributed by atoms with Crippen molar-refractivity contribution in [1.29, 1.82) is 0 Å². The first kappa shape index (κ1) is 16.8. The van der Waals surface area contributed by atoms with Crippen LogP contribution in [-0.2, 0) is 14.3 Å². The second-order valence-corrected chi connectivity index (χ2v) is 6.47. The first-order valence-electron chi connectivity index (χ1n) is 7.54. The Morgan fingerprint density at radius 2 is 1.83 bits per heavy atom. The van der Waals surface area contributed by atoms with E-state index in [0.29, 0.717) is 0 Å². The molecule has 3 rings (SSSR count). The molecule has 1 N–H and O–H groups in total. The molecule has 2 aromatic carbocycles. The van der Waals surface area contributed by atoms with Gasteiger partial charge >= 0.3 is 0 Å². The number of hydrogen-bond donors (Lipinski definition) is 1. The highest BCUT2D eigenvalue weighted by Gasteiger charge is 2.35. The van der Waals surface area contributed by atoms with Gasteiger partial charge in [-0.3, -0.25) is 4.79 Å². The minimum Gasteiger partial charge on any atom is -0.497 e. The lowest BCUT2D eigenvalue weighted by Gasteiger charge is -2.23. The SMILES string of the molecule is COCO[C@H]1C(=O)Nc2ccccc2S[C@H]1c1ccc(OC)cc1. The predicted octanol–water partition coefficient (Wildman–Crippen LogP) is 3.47. The zero-order chi connectivity index (χ0) is 16.9. The molecule has 126 valence electrons. The number of fused-ring (bicyclic) bond motifs is 1. The van der Waals surface area contributed by atoms with Gasteiger partial charge in [0.25, 0.3) is 5.91 Å². The van der Waals surface area contributed by atoms with Gasteiger partial charge in [0.2, 0.25) is 0 Å². The summed E-state index contributed by atoms with van der Waals surface area (Å²) in [6.07, 6.45) is -0.657. The van der Waals surface area contributed by atoms with Gasteiger partial charge in [-0.2, -0.15) is 0 Å². The summed E-state index contributed by atoms with van der Waals surface area (Å²) in [6.45, 7) is 0.0572. The average Bonchev–Trinajstić information content (AvgIpc) is 2.76. The Bertz CT molecular complexity index is 704. The molecule has 24 heavy (non-hydrogen) atoms. The molecule has 0 saturated heterocycles. The molecule has 6 heteroatoms. The van der Waals surface area contributed by atoms with E-state index in [2.05, 4.69) is 5.32 Å². The number of methoxy groups -OCH3 is 2. The van der Waals surface area contributed by atoms with Crippen LogP contribution in [-0.4, -0.2) is 33.0 Å². The van der Waals surface area contributed by atoms with Crippen molar-refractivity contribution in [1.82, 2.24) is 0 Å². The summed E-state index contributed by atoms with van der Waals surface area (Å²) in [5.41, 5.74) is 1.79. The Balaban J connectivity index is 1.97. The molecule has 0 aliphatic carbocycles. The number of amides is 1.